The Morgan fingerprint density at radius 2 is 1.59 bits per heavy atom. The van der Waals surface area contributed by atoms with Gasteiger partial charge in [0, 0.05) is 0 Å². The van der Waals surface area contributed by atoms with Crippen LogP contribution >= 0.6 is 0 Å². The first-order valence-corrected chi connectivity index (χ1v) is 13.4. The van der Waals surface area contributed by atoms with Crippen molar-refractivity contribution in [1.82, 2.24) is 4.90 Å². The van der Waals surface area contributed by atoms with Crippen LogP contribution in [0.15, 0.2) is 0 Å². The fourth-order valence-electron chi connectivity index (χ4n) is 18.2. The third kappa shape index (κ3) is 0.0569. The van der Waals surface area contributed by atoms with Gasteiger partial charge >= 0.3 is 90.5 Å². The first kappa shape index (κ1) is 6.42. The zero-order valence-corrected chi connectivity index (χ0v) is 11.2. The summed E-state index contributed by atoms with van der Waals surface area (Å²) in [6, 6.07) is 3.03. The molecule has 0 amide bonds. The van der Waals surface area contributed by atoms with Crippen LogP contribution in [-0.2, 0) is 6.51 Å². The summed E-state index contributed by atoms with van der Waals surface area (Å²) in [5.41, 5.74) is 0. The second-order valence-corrected chi connectivity index (χ2v) is 34.6. The fraction of sp³-hybridized carbons (Fsp3) is 0.929. The van der Waals surface area contributed by atoms with Gasteiger partial charge in [0.25, 0.3) is 0 Å². The summed E-state index contributed by atoms with van der Waals surface area (Å²) in [4.78, 5) is 12.3. The van der Waals surface area contributed by atoms with Gasteiger partial charge in [-0.05, 0) is 0 Å². The maximum absolute atomic E-state index is 9.98. The van der Waals surface area contributed by atoms with Gasteiger partial charge in [-0.25, -0.2) is 0 Å². The quantitative estimate of drug-likeness (QED) is 0.719. The van der Waals surface area contributed by atoms with Gasteiger partial charge in [0.05, 0.1) is 0 Å². The molecular weight excluding hydrogens is 252 g/mol. The summed E-state index contributed by atoms with van der Waals surface area (Å²) in [6.45, 7) is -1.81. The van der Waals surface area contributed by atoms with Crippen LogP contribution in [0.4, 0.5) is 0 Å². The number of hydrogen-bond acceptors (Lipinski definition) is 2. The van der Waals surface area contributed by atoms with Crippen LogP contribution in [0.1, 0.15) is 0 Å². The van der Waals surface area contributed by atoms with E-state index in [2.05, 4.69) is 25.1 Å². The Balaban J connectivity index is 1.66. The van der Waals surface area contributed by atoms with E-state index in [0.717, 1.165) is 13.9 Å². The maximum atomic E-state index is 9.98. The summed E-state index contributed by atoms with van der Waals surface area (Å²) in [5.74, 6) is 0. The zero-order valence-electron chi connectivity index (χ0n) is 10.1. The third-order valence-corrected chi connectivity index (χ3v) is 59.0. The second kappa shape index (κ2) is 0.484. The molecule has 0 aliphatic carbocycles. The van der Waals surface area contributed by atoms with E-state index in [1.807, 2.05) is 0 Å². The molecule has 10 aliphatic rings. The Morgan fingerprint density at radius 3 is 1.88 bits per heavy atom. The summed E-state index contributed by atoms with van der Waals surface area (Å²) < 4.78 is 1.35. The SMILES string of the molecule is CN(C)C[C]12[CH]3[CH]4[CH]5[CH]1[Fe]45321678[CH]2[CH]1[CH]6[C]7(C#N)[CH]28. The van der Waals surface area contributed by atoms with Crippen molar-refractivity contribution in [3.63, 3.8) is 0 Å². The Bertz CT molecular complexity index is 1060. The first-order valence-electron chi connectivity index (χ1n) is 7.18. The Morgan fingerprint density at radius 1 is 1.06 bits per heavy atom. The Labute approximate surface area is 90.6 Å². The number of nitriles is 1. The van der Waals surface area contributed by atoms with Crippen LogP contribution in [0.5, 0.6) is 0 Å². The molecule has 0 aromatic heterocycles. The molecule has 10 saturated heterocycles. The summed E-state index contributed by atoms with van der Waals surface area (Å²) >= 11 is 0. The minimum absolute atomic E-state index is 0.463. The molecular formula is C14H16FeN2. The fourth-order valence-corrected chi connectivity index (χ4v) is 93.7. The normalized spacial score (nSPS) is 123. The molecule has 10 fully saturated rings. The van der Waals surface area contributed by atoms with Crippen molar-refractivity contribution in [1.29, 1.82) is 5.26 Å². The van der Waals surface area contributed by atoms with Crippen molar-refractivity contribution in [3.8, 4) is 6.07 Å². The van der Waals surface area contributed by atoms with Gasteiger partial charge in [-0.3, -0.25) is 0 Å². The van der Waals surface area contributed by atoms with Gasteiger partial charge in [0.15, 0.2) is 0 Å². The van der Waals surface area contributed by atoms with E-state index in [1.54, 1.807) is 0 Å². The molecule has 17 heavy (non-hydrogen) atoms. The predicted molar refractivity (Wildman–Crippen MR) is 59.6 cm³/mol. The van der Waals surface area contributed by atoms with Gasteiger partial charge in [-0.15, -0.1) is 0 Å². The zero-order chi connectivity index (χ0) is 10.9. The molecule has 0 saturated carbocycles. The molecule has 1 spiro atoms. The average molecular weight is 268 g/mol. The monoisotopic (exact) mass is 268 g/mol. The van der Waals surface area contributed by atoms with Crippen molar-refractivity contribution in [2.24, 2.45) is 0 Å². The summed E-state index contributed by atoms with van der Waals surface area (Å²) in [7, 11) is 4.57. The van der Waals surface area contributed by atoms with Crippen molar-refractivity contribution in [2.45, 2.75) is 47.2 Å². The third-order valence-electron chi connectivity index (χ3n) is 15.8. The second-order valence-electron chi connectivity index (χ2n) is 11.3. The predicted octanol–water partition coefficient (Wildman–Crippen LogP) is 3.20. The topological polar surface area (TPSA) is 27.0 Å². The van der Waals surface area contributed by atoms with Crippen LogP contribution in [0.25, 0.3) is 0 Å². The molecule has 0 N–H and O–H groups in total. The van der Waals surface area contributed by atoms with Gasteiger partial charge in [-0.2, -0.15) is 0 Å². The van der Waals surface area contributed by atoms with Crippen LogP contribution in [-0.4, -0.2) is 25.5 Å². The minimum atomic E-state index is -3.22. The molecule has 10 aliphatic heterocycles. The molecule has 90 valence electrons. The van der Waals surface area contributed by atoms with E-state index in [0.29, 0.717) is 4.31 Å². The standard InChI is InChI=1S/C8H12N.C6H4N.Fe/c1-9(2)7-8-5-3-4-6-8;7-5-6-3-1-2-4-6;/h3-6H,7H2,1-2H3;1-4H;. The number of nitrogens with zero attached hydrogens (tertiary/aromatic N) is 2. The molecule has 0 aromatic rings. The summed E-state index contributed by atoms with van der Waals surface area (Å²) in [5, 5.41) is 9.98. The van der Waals surface area contributed by atoms with Crippen LogP contribution < -0.4 is 0 Å². The van der Waals surface area contributed by atoms with Gasteiger partial charge < -0.3 is 0 Å². The van der Waals surface area contributed by atoms with E-state index in [9.17, 15) is 5.26 Å². The van der Waals surface area contributed by atoms with Crippen molar-refractivity contribution >= 4 is 0 Å². The molecule has 10 rings (SSSR count). The van der Waals surface area contributed by atoms with Gasteiger partial charge in [0.1, 0.15) is 0 Å². The molecule has 2 nitrogen and oxygen atoms in total. The van der Waals surface area contributed by atoms with Crippen LogP contribution in [0, 0.1) is 11.3 Å². The van der Waals surface area contributed by atoms with Crippen LogP contribution in [0.2, 0.25) is 47.2 Å². The van der Waals surface area contributed by atoms with Crippen molar-refractivity contribution in [3.05, 3.63) is 0 Å². The number of rotatable bonds is 2. The number of hydrogen-bond donors (Lipinski definition) is 0. The van der Waals surface area contributed by atoms with E-state index in [1.165, 1.54) is 35.4 Å². The van der Waals surface area contributed by atoms with Crippen molar-refractivity contribution in [2.75, 3.05) is 20.6 Å². The van der Waals surface area contributed by atoms with E-state index >= 15 is 0 Å². The van der Waals surface area contributed by atoms with Crippen molar-refractivity contribution < 1.29 is 6.51 Å². The van der Waals surface area contributed by atoms with Gasteiger partial charge in [0.2, 0.25) is 0 Å². The molecule has 0 aromatic carbocycles. The molecule has 0 radical (unpaired) electrons. The van der Waals surface area contributed by atoms with E-state index in [4.69, 9.17) is 0 Å². The molecule has 0 bridgehead atoms. The number of fused-ring (bicyclic) bond motifs is 10. The Kier molecular flexibility index (Phi) is 0.183. The first-order chi connectivity index (χ1) is 7.91. The van der Waals surface area contributed by atoms with E-state index < -0.39 is 6.51 Å². The average Bonchev–Trinajstić information content (AvgIpc) is 3.22. The summed E-state index contributed by atoms with van der Waals surface area (Å²) in [6.07, 6.45) is 0. The van der Waals surface area contributed by atoms with Crippen LogP contribution in [0.3, 0.4) is 0 Å². The molecule has 8 unspecified atom stereocenters. The van der Waals surface area contributed by atoms with E-state index in [-0.39, 0.29) is 0 Å². The molecule has 8 atom stereocenters. The van der Waals surface area contributed by atoms with Gasteiger partial charge in [-0.1, -0.05) is 0 Å². The molecule has 10 heterocycles. The Hall–Kier alpha value is -0.0305. The molecule has 3 heteroatoms.